The average molecular weight is 307 g/mol. The molecule has 2 N–H and O–H groups in total. The van der Waals surface area contributed by atoms with Crippen LogP contribution in [-0.4, -0.2) is 10.9 Å². The van der Waals surface area contributed by atoms with E-state index in [9.17, 15) is 4.79 Å². The first-order chi connectivity index (χ1) is 8.56. The molecule has 0 saturated carbocycles. The van der Waals surface area contributed by atoms with Crippen LogP contribution in [0.3, 0.4) is 0 Å². The van der Waals surface area contributed by atoms with Gasteiger partial charge in [0.15, 0.2) is 0 Å². The predicted octanol–water partition coefficient (Wildman–Crippen LogP) is 3.04. The third-order valence-corrected chi connectivity index (χ3v) is 3.26. The number of carbonyl (C=O) groups excluding carboxylic acids is 1. The molecule has 2 rings (SSSR count). The highest BCUT2D eigenvalue weighted by molar-refractivity contribution is 9.10. The van der Waals surface area contributed by atoms with Crippen LogP contribution in [0.4, 0.5) is 0 Å². The smallest absolute Gasteiger partial charge is 0.248 e. The first-order valence-corrected chi connectivity index (χ1v) is 6.05. The van der Waals surface area contributed by atoms with Crippen LogP contribution >= 0.6 is 15.9 Å². The lowest BCUT2D eigenvalue weighted by molar-refractivity contribution is 0.1000. The van der Waals surface area contributed by atoms with Crippen LogP contribution in [-0.2, 0) is 0 Å². The fourth-order valence-electron chi connectivity index (χ4n) is 1.42. The molecule has 1 amide bonds. The Hall–Kier alpha value is -1.88. The molecule has 0 radical (unpaired) electrons. The van der Waals surface area contributed by atoms with Crippen LogP contribution in [0.15, 0.2) is 41.0 Å². The van der Waals surface area contributed by atoms with Gasteiger partial charge in [0.1, 0.15) is 5.75 Å². The van der Waals surface area contributed by atoms with E-state index in [0.717, 1.165) is 10.0 Å². The van der Waals surface area contributed by atoms with Crippen LogP contribution < -0.4 is 10.5 Å². The number of nitrogens with zero attached hydrogens (tertiary/aromatic N) is 1. The summed E-state index contributed by atoms with van der Waals surface area (Å²) in [7, 11) is 0. The molecule has 0 aliphatic heterocycles. The highest BCUT2D eigenvalue weighted by atomic mass is 79.9. The van der Waals surface area contributed by atoms with Crippen LogP contribution in [0.25, 0.3) is 0 Å². The quantitative estimate of drug-likeness (QED) is 0.948. The molecule has 92 valence electrons. The number of pyridine rings is 1. The highest BCUT2D eigenvalue weighted by Crippen LogP contribution is 2.25. The van der Waals surface area contributed by atoms with Crippen molar-refractivity contribution in [1.82, 2.24) is 4.98 Å². The lowest BCUT2D eigenvalue weighted by atomic mass is 10.2. The summed E-state index contributed by atoms with van der Waals surface area (Å²) >= 11 is 3.41. The van der Waals surface area contributed by atoms with Gasteiger partial charge in [-0.25, -0.2) is 4.98 Å². The Kier molecular flexibility index (Phi) is 3.62. The maximum absolute atomic E-state index is 11.0. The molecule has 5 heteroatoms. The summed E-state index contributed by atoms with van der Waals surface area (Å²) < 4.78 is 6.57. The minimum atomic E-state index is -0.505. The molecule has 0 fully saturated rings. The molecule has 0 spiro atoms. The molecule has 0 saturated heterocycles. The van der Waals surface area contributed by atoms with Crippen molar-refractivity contribution in [2.75, 3.05) is 0 Å². The fraction of sp³-hybridized carbons (Fsp3) is 0.0769. The number of hydrogen-bond donors (Lipinski definition) is 1. The summed E-state index contributed by atoms with van der Waals surface area (Å²) in [6.07, 6.45) is 1.49. The van der Waals surface area contributed by atoms with E-state index >= 15 is 0 Å². The predicted molar refractivity (Wildman–Crippen MR) is 71.7 cm³/mol. The van der Waals surface area contributed by atoms with Gasteiger partial charge in [-0.15, -0.1) is 0 Å². The van der Waals surface area contributed by atoms with E-state index in [1.165, 1.54) is 12.3 Å². The second-order valence-electron chi connectivity index (χ2n) is 3.76. The summed E-state index contributed by atoms with van der Waals surface area (Å²) in [5.74, 6) is 0.493. The molecule has 2 aromatic rings. The topological polar surface area (TPSA) is 65.2 Å². The van der Waals surface area contributed by atoms with Crippen molar-refractivity contribution in [2.45, 2.75) is 6.92 Å². The molecule has 1 aromatic carbocycles. The first kappa shape index (κ1) is 12.6. The summed E-state index contributed by atoms with van der Waals surface area (Å²) in [5, 5.41) is 0. The van der Waals surface area contributed by atoms with Gasteiger partial charge in [-0.3, -0.25) is 4.79 Å². The van der Waals surface area contributed by atoms with Crippen molar-refractivity contribution in [3.63, 3.8) is 0 Å². The monoisotopic (exact) mass is 306 g/mol. The van der Waals surface area contributed by atoms with E-state index in [0.29, 0.717) is 17.2 Å². The number of ether oxygens (including phenoxy) is 1. The van der Waals surface area contributed by atoms with Crippen molar-refractivity contribution < 1.29 is 9.53 Å². The molecule has 0 aliphatic carbocycles. The molecule has 4 nitrogen and oxygen atoms in total. The number of carbonyl (C=O) groups is 1. The molecule has 1 heterocycles. The molecular formula is C13H11BrN2O2. The highest BCUT2D eigenvalue weighted by Gasteiger charge is 2.05. The lowest BCUT2D eigenvalue weighted by Crippen LogP contribution is -2.10. The third-order valence-electron chi connectivity index (χ3n) is 2.37. The zero-order valence-electron chi connectivity index (χ0n) is 9.68. The largest absolute Gasteiger partial charge is 0.439 e. The van der Waals surface area contributed by atoms with Crippen LogP contribution in [0.2, 0.25) is 0 Å². The zero-order valence-corrected chi connectivity index (χ0v) is 11.3. The number of primary amides is 1. The van der Waals surface area contributed by atoms with Crippen molar-refractivity contribution in [3.8, 4) is 11.6 Å². The van der Waals surface area contributed by atoms with Gasteiger partial charge in [0.2, 0.25) is 11.8 Å². The Bertz CT molecular complexity index is 599. The zero-order chi connectivity index (χ0) is 13.1. The fourth-order valence-corrected chi connectivity index (χ4v) is 1.67. The van der Waals surface area contributed by atoms with Crippen LogP contribution in [0.1, 0.15) is 15.9 Å². The minimum absolute atomic E-state index is 0.341. The van der Waals surface area contributed by atoms with Gasteiger partial charge in [0.05, 0.1) is 0 Å². The van der Waals surface area contributed by atoms with Crippen LogP contribution in [0.5, 0.6) is 11.6 Å². The van der Waals surface area contributed by atoms with Crippen LogP contribution in [0, 0.1) is 6.92 Å². The Morgan fingerprint density at radius 2 is 2.11 bits per heavy atom. The number of aryl methyl sites for hydroxylation is 1. The third kappa shape index (κ3) is 2.87. The van der Waals surface area contributed by atoms with Gasteiger partial charge in [-0.05, 0) is 36.8 Å². The van der Waals surface area contributed by atoms with Gasteiger partial charge >= 0.3 is 0 Å². The maximum Gasteiger partial charge on any atom is 0.248 e. The van der Waals surface area contributed by atoms with E-state index in [-0.39, 0.29) is 0 Å². The normalized spacial score (nSPS) is 10.1. The number of halogens is 1. The number of amides is 1. The van der Waals surface area contributed by atoms with Crippen molar-refractivity contribution in [2.24, 2.45) is 5.73 Å². The number of benzene rings is 1. The Morgan fingerprint density at radius 1 is 1.33 bits per heavy atom. The van der Waals surface area contributed by atoms with E-state index in [2.05, 4.69) is 20.9 Å². The summed E-state index contributed by atoms with van der Waals surface area (Å²) in [5.41, 5.74) is 6.62. The molecule has 18 heavy (non-hydrogen) atoms. The minimum Gasteiger partial charge on any atom is -0.439 e. The second-order valence-corrected chi connectivity index (χ2v) is 4.61. The van der Waals surface area contributed by atoms with Crippen molar-refractivity contribution >= 4 is 21.8 Å². The Balaban J connectivity index is 2.25. The molecular weight excluding hydrogens is 296 g/mol. The molecule has 0 unspecified atom stereocenters. The molecule has 0 bridgehead atoms. The summed E-state index contributed by atoms with van der Waals surface area (Å²) in [4.78, 5) is 15.1. The average Bonchev–Trinajstić information content (AvgIpc) is 2.34. The van der Waals surface area contributed by atoms with Gasteiger partial charge in [-0.2, -0.15) is 0 Å². The van der Waals surface area contributed by atoms with Gasteiger partial charge in [0, 0.05) is 22.3 Å². The Morgan fingerprint density at radius 3 is 2.78 bits per heavy atom. The maximum atomic E-state index is 11.0. The standard InChI is InChI=1S/C13H11BrN2O2/c1-8-6-10(2-3-11(8)14)18-12-7-9(13(15)17)4-5-16-12/h2-7H,1H3,(H2,15,17). The van der Waals surface area contributed by atoms with Crippen molar-refractivity contribution in [1.29, 1.82) is 0 Å². The van der Waals surface area contributed by atoms with E-state index in [1.54, 1.807) is 6.07 Å². The van der Waals surface area contributed by atoms with E-state index in [4.69, 9.17) is 10.5 Å². The number of aromatic nitrogens is 1. The van der Waals surface area contributed by atoms with E-state index in [1.807, 2.05) is 25.1 Å². The second kappa shape index (κ2) is 5.18. The lowest BCUT2D eigenvalue weighted by Gasteiger charge is -2.07. The molecule has 0 aliphatic rings. The molecule has 0 atom stereocenters. The number of nitrogens with two attached hydrogens (primary N) is 1. The molecule has 1 aromatic heterocycles. The Labute approximate surface area is 113 Å². The van der Waals surface area contributed by atoms with Gasteiger partial charge in [-0.1, -0.05) is 15.9 Å². The van der Waals surface area contributed by atoms with Crippen molar-refractivity contribution in [3.05, 3.63) is 52.1 Å². The summed E-state index contributed by atoms with van der Waals surface area (Å²) in [6, 6.07) is 8.64. The van der Waals surface area contributed by atoms with Gasteiger partial charge in [0.25, 0.3) is 0 Å². The van der Waals surface area contributed by atoms with E-state index < -0.39 is 5.91 Å². The SMILES string of the molecule is Cc1cc(Oc2cc(C(N)=O)ccn2)ccc1Br. The number of hydrogen-bond acceptors (Lipinski definition) is 3. The first-order valence-electron chi connectivity index (χ1n) is 5.26. The summed E-state index contributed by atoms with van der Waals surface area (Å²) in [6.45, 7) is 1.96. The van der Waals surface area contributed by atoms with Gasteiger partial charge < -0.3 is 10.5 Å². The number of rotatable bonds is 3.